The summed E-state index contributed by atoms with van der Waals surface area (Å²) in [5, 5.41) is 9.31. The molecule has 2 heterocycles. The number of hydrogen-bond acceptors (Lipinski definition) is 5. The fourth-order valence-corrected chi connectivity index (χ4v) is 5.68. The van der Waals surface area contributed by atoms with Crippen molar-refractivity contribution in [3.63, 3.8) is 0 Å². The van der Waals surface area contributed by atoms with Crippen LogP contribution < -0.4 is 4.90 Å². The van der Waals surface area contributed by atoms with E-state index < -0.39 is 21.9 Å². The number of aromatic nitrogens is 1. The first-order chi connectivity index (χ1) is 13.4. The monoisotopic (exact) mass is 401 g/mol. The van der Waals surface area contributed by atoms with E-state index in [9.17, 15) is 18.3 Å². The molecule has 1 fully saturated rings. The SMILES string of the molecule is Cc1ccc(N2CCN(S(=O)(=O)c3cccc4c3CC(C(=O)O)C4)CC2)nc1. The Morgan fingerprint density at radius 2 is 1.86 bits per heavy atom. The van der Waals surface area contributed by atoms with Gasteiger partial charge < -0.3 is 10.0 Å². The van der Waals surface area contributed by atoms with Gasteiger partial charge in [-0.05, 0) is 48.6 Å². The molecular formula is C20H23N3O4S. The van der Waals surface area contributed by atoms with E-state index in [0.29, 0.717) is 38.2 Å². The van der Waals surface area contributed by atoms with Crippen molar-refractivity contribution in [3.8, 4) is 0 Å². The first-order valence-electron chi connectivity index (χ1n) is 9.37. The molecule has 148 valence electrons. The Morgan fingerprint density at radius 1 is 1.11 bits per heavy atom. The molecule has 1 aromatic carbocycles. The van der Waals surface area contributed by atoms with Gasteiger partial charge in [-0.1, -0.05) is 18.2 Å². The van der Waals surface area contributed by atoms with Gasteiger partial charge in [-0.25, -0.2) is 13.4 Å². The molecule has 0 saturated carbocycles. The number of carbonyl (C=O) groups is 1. The van der Waals surface area contributed by atoms with E-state index in [1.807, 2.05) is 31.3 Å². The number of piperazine rings is 1. The molecule has 1 aromatic heterocycles. The fourth-order valence-electron chi connectivity index (χ4n) is 3.98. The average Bonchev–Trinajstić information content (AvgIpc) is 3.13. The normalized spacial score (nSPS) is 20.2. The average molecular weight is 401 g/mol. The van der Waals surface area contributed by atoms with Gasteiger partial charge in [0, 0.05) is 32.4 Å². The molecule has 28 heavy (non-hydrogen) atoms. The van der Waals surface area contributed by atoms with E-state index in [1.165, 1.54) is 4.31 Å². The summed E-state index contributed by atoms with van der Waals surface area (Å²) in [4.78, 5) is 18.1. The van der Waals surface area contributed by atoms with Gasteiger partial charge in [-0.3, -0.25) is 4.79 Å². The van der Waals surface area contributed by atoms with Crippen LogP contribution in [0.3, 0.4) is 0 Å². The maximum atomic E-state index is 13.3. The van der Waals surface area contributed by atoms with Crippen LogP contribution in [-0.2, 0) is 27.7 Å². The summed E-state index contributed by atoms with van der Waals surface area (Å²) in [6.45, 7) is 3.88. The third-order valence-electron chi connectivity index (χ3n) is 5.57. The third-order valence-corrected chi connectivity index (χ3v) is 7.56. The number of anilines is 1. The largest absolute Gasteiger partial charge is 0.481 e. The second kappa shape index (κ2) is 7.18. The van der Waals surface area contributed by atoms with Gasteiger partial charge in [-0.2, -0.15) is 4.31 Å². The molecule has 1 aliphatic heterocycles. The van der Waals surface area contributed by atoms with E-state index in [-0.39, 0.29) is 11.3 Å². The summed E-state index contributed by atoms with van der Waals surface area (Å²) < 4.78 is 28.0. The minimum atomic E-state index is -3.66. The van der Waals surface area contributed by atoms with Crippen molar-refractivity contribution in [1.29, 1.82) is 0 Å². The van der Waals surface area contributed by atoms with E-state index in [2.05, 4.69) is 9.88 Å². The topological polar surface area (TPSA) is 90.8 Å². The number of carboxylic acids is 1. The standard InChI is InChI=1S/C20H23N3O4S/c1-14-5-6-19(21-13-14)22-7-9-23(10-8-22)28(26,27)18-4-2-3-15-11-16(20(24)25)12-17(15)18/h2-6,13,16H,7-12H2,1H3,(H,24,25). The minimum Gasteiger partial charge on any atom is -0.481 e. The first kappa shape index (κ1) is 18.9. The zero-order valence-electron chi connectivity index (χ0n) is 15.7. The second-order valence-corrected chi connectivity index (χ2v) is 9.33. The van der Waals surface area contributed by atoms with Crippen LogP contribution in [-0.4, -0.2) is 55.0 Å². The van der Waals surface area contributed by atoms with Gasteiger partial charge in [0.25, 0.3) is 0 Å². The Balaban J connectivity index is 1.53. The number of benzene rings is 1. The number of aryl methyl sites for hydroxylation is 1. The van der Waals surface area contributed by atoms with Gasteiger partial charge in [-0.15, -0.1) is 0 Å². The molecule has 1 unspecified atom stereocenters. The van der Waals surface area contributed by atoms with Crippen LogP contribution in [0.15, 0.2) is 41.4 Å². The van der Waals surface area contributed by atoms with Crippen molar-refractivity contribution in [2.24, 2.45) is 5.92 Å². The first-order valence-corrected chi connectivity index (χ1v) is 10.8. The molecule has 2 aromatic rings. The Bertz CT molecular complexity index is 997. The molecule has 1 N–H and O–H groups in total. The van der Waals surface area contributed by atoms with Gasteiger partial charge >= 0.3 is 5.97 Å². The van der Waals surface area contributed by atoms with Gasteiger partial charge in [0.15, 0.2) is 0 Å². The molecule has 1 aliphatic carbocycles. The number of sulfonamides is 1. The highest BCUT2D eigenvalue weighted by atomic mass is 32.2. The van der Waals surface area contributed by atoms with Crippen LogP contribution in [0.25, 0.3) is 0 Å². The van der Waals surface area contributed by atoms with Crippen molar-refractivity contribution in [1.82, 2.24) is 9.29 Å². The Kier molecular flexibility index (Phi) is 4.84. The lowest BCUT2D eigenvalue weighted by molar-refractivity contribution is -0.141. The van der Waals surface area contributed by atoms with Crippen molar-refractivity contribution in [2.75, 3.05) is 31.1 Å². The van der Waals surface area contributed by atoms with E-state index in [1.54, 1.807) is 12.1 Å². The molecule has 0 amide bonds. The van der Waals surface area contributed by atoms with E-state index in [4.69, 9.17) is 0 Å². The molecule has 0 bridgehead atoms. The lowest BCUT2D eigenvalue weighted by Crippen LogP contribution is -2.49. The van der Waals surface area contributed by atoms with E-state index in [0.717, 1.165) is 16.9 Å². The second-order valence-electron chi connectivity index (χ2n) is 7.42. The predicted molar refractivity (Wildman–Crippen MR) is 105 cm³/mol. The molecular weight excluding hydrogens is 378 g/mol. The zero-order chi connectivity index (χ0) is 19.9. The van der Waals surface area contributed by atoms with Crippen LogP contribution in [0.1, 0.15) is 16.7 Å². The number of fused-ring (bicyclic) bond motifs is 1. The number of rotatable bonds is 4. The summed E-state index contributed by atoms with van der Waals surface area (Å²) in [5.41, 5.74) is 2.58. The Hall–Kier alpha value is -2.45. The molecule has 4 rings (SSSR count). The van der Waals surface area contributed by atoms with Crippen molar-refractivity contribution in [3.05, 3.63) is 53.2 Å². The van der Waals surface area contributed by atoms with Crippen LogP contribution in [0.4, 0.5) is 5.82 Å². The maximum absolute atomic E-state index is 13.3. The Labute approximate surface area is 164 Å². The predicted octanol–water partition coefficient (Wildman–Crippen LogP) is 1.70. The molecule has 1 saturated heterocycles. The van der Waals surface area contributed by atoms with Crippen LogP contribution >= 0.6 is 0 Å². The summed E-state index contributed by atoms with van der Waals surface area (Å²) >= 11 is 0. The fraction of sp³-hybridized carbons (Fsp3) is 0.400. The molecule has 2 aliphatic rings. The lowest BCUT2D eigenvalue weighted by atomic mass is 10.1. The molecule has 8 heteroatoms. The quantitative estimate of drug-likeness (QED) is 0.839. The summed E-state index contributed by atoms with van der Waals surface area (Å²) in [6, 6.07) is 9.10. The van der Waals surface area contributed by atoms with Gasteiger partial charge in [0.1, 0.15) is 5.82 Å². The highest BCUT2D eigenvalue weighted by Gasteiger charge is 2.35. The smallest absolute Gasteiger partial charge is 0.307 e. The molecule has 7 nitrogen and oxygen atoms in total. The third kappa shape index (κ3) is 3.38. The molecule has 0 spiro atoms. The number of aliphatic carboxylic acids is 1. The van der Waals surface area contributed by atoms with Crippen LogP contribution in [0.2, 0.25) is 0 Å². The van der Waals surface area contributed by atoms with Crippen molar-refractivity contribution < 1.29 is 18.3 Å². The highest BCUT2D eigenvalue weighted by Crippen LogP contribution is 2.33. The van der Waals surface area contributed by atoms with Crippen LogP contribution in [0, 0.1) is 12.8 Å². The summed E-state index contributed by atoms with van der Waals surface area (Å²) in [5.74, 6) is -0.567. The molecule has 0 radical (unpaired) electrons. The Morgan fingerprint density at radius 3 is 2.50 bits per heavy atom. The number of pyridine rings is 1. The minimum absolute atomic E-state index is 0.260. The van der Waals surface area contributed by atoms with Gasteiger partial charge in [0.2, 0.25) is 10.0 Å². The lowest BCUT2D eigenvalue weighted by Gasteiger charge is -2.35. The van der Waals surface area contributed by atoms with Gasteiger partial charge in [0.05, 0.1) is 10.8 Å². The number of nitrogens with zero attached hydrogens (tertiary/aromatic N) is 3. The number of carboxylic acid groups (broad SMARTS) is 1. The van der Waals surface area contributed by atoms with Crippen molar-refractivity contribution in [2.45, 2.75) is 24.7 Å². The zero-order valence-corrected chi connectivity index (χ0v) is 16.5. The summed E-state index contributed by atoms with van der Waals surface area (Å²) in [6.07, 6.45) is 2.47. The van der Waals surface area contributed by atoms with Crippen molar-refractivity contribution >= 4 is 21.8 Å². The summed E-state index contributed by atoms with van der Waals surface area (Å²) in [7, 11) is -3.66. The number of hydrogen-bond donors (Lipinski definition) is 1. The van der Waals surface area contributed by atoms with Crippen LogP contribution in [0.5, 0.6) is 0 Å². The maximum Gasteiger partial charge on any atom is 0.307 e. The molecule has 1 atom stereocenters. The van der Waals surface area contributed by atoms with E-state index >= 15 is 0 Å². The highest BCUT2D eigenvalue weighted by molar-refractivity contribution is 7.89.